The summed E-state index contributed by atoms with van der Waals surface area (Å²) >= 11 is 1.62. The van der Waals surface area contributed by atoms with E-state index in [0.29, 0.717) is 13.2 Å². The van der Waals surface area contributed by atoms with Crippen molar-refractivity contribution in [1.82, 2.24) is 0 Å². The third-order valence-electron chi connectivity index (χ3n) is 4.24. The number of nitrogens with two attached hydrogens (primary N) is 1. The molecule has 1 aromatic heterocycles. The summed E-state index contributed by atoms with van der Waals surface area (Å²) in [6.07, 6.45) is 9.22. The third-order valence-corrected chi connectivity index (χ3v) is 5.33. The van der Waals surface area contributed by atoms with Crippen LogP contribution in [0.25, 0.3) is 6.08 Å². The molecule has 25 heavy (non-hydrogen) atoms. The van der Waals surface area contributed by atoms with E-state index in [4.69, 9.17) is 10.5 Å². The Morgan fingerprint density at radius 2 is 2.00 bits per heavy atom. The minimum atomic E-state index is -0.533. The van der Waals surface area contributed by atoms with Gasteiger partial charge in [-0.2, -0.15) is 5.26 Å². The number of nitriles is 1. The molecule has 6 heteroatoms. The molecule has 0 atom stereocenters. The molecule has 1 aliphatic heterocycles. The smallest absolute Gasteiger partial charge is 0.348 e. The lowest BCUT2D eigenvalue weighted by atomic mass is 10.1. The molecule has 0 radical (unpaired) electrons. The maximum Gasteiger partial charge on any atom is 0.348 e. The Hall–Kier alpha value is -1.84. The predicted molar refractivity (Wildman–Crippen MR) is 102 cm³/mol. The number of unbranched alkanes of at least 4 members (excludes halogenated alkanes) is 3. The molecule has 0 amide bonds. The van der Waals surface area contributed by atoms with Crippen LogP contribution in [0.4, 0.5) is 5.00 Å². The van der Waals surface area contributed by atoms with Crippen molar-refractivity contribution >= 4 is 28.4 Å². The van der Waals surface area contributed by atoms with Crippen LogP contribution in [0.2, 0.25) is 0 Å². The van der Waals surface area contributed by atoms with Crippen LogP contribution < -0.4 is 10.6 Å². The van der Waals surface area contributed by atoms with Crippen LogP contribution in [0.3, 0.4) is 0 Å². The zero-order valence-corrected chi connectivity index (χ0v) is 15.5. The molecular formula is C19H27N3O2S. The summed E-state index contributed by atoms with van der Waals surface area (Å²) in [5.41, 5.74) is 5.50. The molecule has 2 N–H and O–H groups in total. The Balaban J connectivity index is 1.85. The molecule has 5 nitrogen and oxygen atoms in total. The van der Waals surface area contributed by atoms with Gasteiger partial charge in [0, 0.05) is 18.0 Å². The topological polar surface area (TPSA) is 79.3 Å². The number of hydrogen-bond donors (Lipinski definition) is 1. The van der Waals surface area contributed by atoms with Gasteiger partial charge in [0.2, 0.25) is 0 Å². The fraction of sp³-hybridized carbons (Fsp3) is 0.579. The number of nitrogens with zero attached hydrogens (tertiary/aromatic N) is 2. The molecule has 0 aliphatic carbocycles. The summed E-state index contributed by atoms with van der Waals surface area (Å²) in [7, 11) is 0. The maximum absolute atomic E-state index is 12.0. The van der Waals surface area contributed by atoms with Gasteiger partial charge in [0.1, 0.15) is 11.6 Å². The lowest BCUT2D eigenvalue weighted by Crippen LogP contribution is -2.28. The fourth-order valence-electron chi connectivity index (χ4n) is 2.83. The van der Waals surface area contributed by atoms with E-state index in [1.807, 2.05) is 12.1 Å². The SMILES string of the molecule is N#C/C(=C\c1ccc(N2CCCCC2)s1)C(=O)OCCCCCCN. The highest BCUT2D eigenvalue weighted by Crippen LogP contribution is 2.29. The van der Waals surface area contributed by atoms with Gasteiger partial charge in [0.15, 0.2) is 0 Å². The molecule has 1 aliphatic rings. The van der Waals surface area contributed by atoms with Crippen LogP contribution in [0, 0.1) is 11.3 Å². The largest absolute Gasteiger partial charge is 0.462 e. The molecule has 1 saturated heterocycles. The van der Waals surface area contributed by atoms with Crippen molar-refractivity contribution in [3.05, 3.63) is 22.6 Å². The summed E-state index contributed by atoms with van der Waals surface area (Å²) in [5.74, 6) is -0.533. The van der Waals surface area contributed by atoms with Gasteiger partial charge in [0.25, 0.3) is 0 Å². The van der Waals surface area contributed by atoms with E-state index >= 15 is 0 Å². The quantitative estimate of drug-likeness (QED) is 0.314. The van der Waals surface area contributed by atoms with Gasteiger partial charge in [-0.15, -0.1) is 11.3 Å². The maximum atomic E-state index is 12.0. The second-order valence-corrected chi connectivity index (χ2v) is 7.33. The van der Waals surface area contributed by atoms with Gasteiger partial charge in [-0.1, -0.05) is 12.8 Å². The van der Waals surface area contributed by atoms with Crippen molar-refractivity contribution in [2.45, 2.75) is 44.9 Å². The Bertz CT molecular complexity index is 612. The van der Waals surface area contributed by atoms with E-state index in [-0.39, 0.29) is 5.57 Å². The van der Waals surface area contributed by atoms with Crippen LogP contribution >= 0.6 is 11.3 Å². The van der Waals surface area contributed by atoms with Crippen molar-refractivity contribution in [1.29, 1.82) is 5.26 Å². The first-order chi connectivity index (χ1) is 12.2. The normalized spacial score (nSPS) is 15.0. The van der Waals surface area contributed by atoms with E-state index in [2.05, 4.69) is 11.0 Å². The third kappa shape index (κ3) is 6.52. The van der Waals surface area contributed by atoms with E-state index in [1.54, 1.807) is 17.4 Å². The Morgan fingerprint density at radius 1 is 1.24 bits per heavy atom. The number of thiophene rings is 1. The van der Waals surface area contributed by atoms with E-state index < -0.39 is 5.97 Å². The van der Waals surface area contributed by atoms with Gasteiger partial charge < -0.3 is 15.4 Å². The summed E-state index contributed by atoms with van der Waals surface area (Å²) in [6, 6.07) is 6.00. The Kier molecular flexibility index (Phi) is 8.50. The van der Waals surface area contributed by atoms with Crippen molar-refractivity contribution < 1.29 is 9.53 Å². The van der Waals surface area contributed by atoms with Gasteiger partial charge >= 0.3 is 5.97 Å². The van der Waals surface area contributed by atoms with Gasteiger partial charge in [-0.3, -0.25) is 0 Å². The van der Waals surface area contributed by atoms with E-state index in [1.165, 1.54) is 24.3 Å². The highest BCUT2D eigenvalue weighted by atomic mass is 32.1. The average Bonchev–Trinajstić information content (AvgIpc) is 3.12. The number of piperidine rings is 1. The molecule has 0 unspecified atom stereocenters. The number of hydrogen-bond acceptors (Lipinski definition) is 6. The molecule has 2 rings (SSSR count). The number of ether oxygens (including phenoxy) is 1. The average molecular weight is 362 g/mol. The van der Waals surface area contributed by atoms with Crippen LogP contribution in [0.5, 0.6) is 0 Å². The predicted octanol–water partition coefficient (Wildman–Crippen LogP) is 3.71. The summed E-state index contributed by atoms with van der Waals surface area (Å²) in [5, 5.41) is 10.5. The minimum absolute atomic E-state index is 0.0639. The van der Waals surface area contributed by atoms with Gasteiger partial charge in [-0.05, 0) is 56.9 Å². The number of carbonyl (C=O) groups is 1. The van der Waals surface area contributed by atoms with Crippen molar-refractivity contribution in [2.75, 3.05) is 31.1 Å². The summed E-state index contributed by atoms with van der Waals surface area (Å²) < 4.78 is 5.20. The molecule has 0 saturated carbocycles. The van der Waals surface area contributed by atoms with Crippen LogP contribution in [0.1, 0.15) is 49.8 Å². The first-order valence-electron chi connectivity index (χ1n) is 9.08. The number of anilines is 1. The minimum Gasteiger partial charge on any atom is -0.462 e. The molecule has 1 aromatic rings. The molecule has 0 spiro atoms. The van der Waals surface area contributed by atoms with Crippen LogP contribution in [-0.4, -0.2) is 32.2 Å². The van der Waals surface area contributed by atoms with E-state index in [9.17, 15) is 10.1 Å². The molecule has 1 fully saturated rings. The van der Waals surface area contributed by atoms with E-state index in [0.717, 1.165) is 43.6 Å². The van der Waals surface area contributed by atoms with Crippen LogP contribution in [-0.2, 0) is 9.53 Å². The highest BCUT2D eigenvalue weighted by Gasteiger charge is 2.14. The van der Waals surface area contributed by atoms with Crippen LogP contribution in [0.15, 0.2) is 17.7 Å². The Labute approximate surface area is 154 Å². The number of esters is 1. The second kappa shape index (κ2) is 10.9. The molecule has 0 aromatic carbocycles. The van der Waals surface area contributed by atoms with Crippen molar-refractivity contribution in [3.8, 4) is 6.07 Å². The molecule has 136 valence electrons. The highest BCUT2D eigenvalue weighted by molar-refractivity contribution is 7.16. The second-order valence-electron chi connectivity index (χ2n) is 6.23. The Morgan fingerprint density at radius 3 is 2.72 bits per heavy atom. The fourth-order valence-corrected chi connectivity index (χ4v) is 3.83. The zero-order valence-electron chi connectivity index (χ0n) is 14.7. The monoisotopic (exact) mass is 361 g/mol. The van der Waals surface area contributed by atoms with Gasteiger partial charge in [0.05, 0.1) is 11.6 Å². The summed E-state index contributed by atoms with van der Waals surface area (Å²) in [4.78, 5) is 15.3. The zero-order chi connectivity index (χ0) is 17.9. The summed E-state index contributed by atoms with van der Waals surface area (Å²) in [6.45, 7) is 3.22. The first kappa shape index (κ1) is 19.5. The number of carbonyl (C=O) groups excluding carboxylic acids is 1. The standard InChI is InChI=1S/C19H27N3O2S/c20-10-4-1-2-7-13-24-19(23)16(15-21)14-17-8-9-18(25-17)22-11-5-3-6-12-22/h8-9,14H,1-7,10-13,20H2/b16-14+. The van der Waals surface area contributed by atoms with Gasteiger partial charge in [-0.25, -0.2) is 4.79 Å². The molecule has 0 bridgehead atoms. The van der Waals surface area contributed by atoms with Crippen molar-refractivity contribution in [2.24, 2.45) is 5.73 Å². The lowest BCUT2D eigenvalue weighted by Gasteiger charge is -2.27. The number of rotatable bonds is 9. The van der Waals surface area contributed by atoms with Crippen molar-refractivity contribution in [3.63, 3.8) is 0 Å². The molecule has 2 heterocycles. The first-order valence-corrected chi connectivity index (χ1v) is 9.90. The molecular weight excluding hydrogens is 334 g/mol. The lowest BCUT2D eigenvalue weighted by molar-refractivity contribution is -0.138.